The Balaban J connectivity index is 1.76. The van der Waals surface area contributed by atoms with Gasteiger partial charge in [0.05, 0.1) is 23.1 Å². The number of para-hydroxylation sites is 2. The van der Waals surface area contributed by atoms with Gasteiger partial charge < -0.3 is 8.98 Å². The second kappa shape index (κ2) is 8.79. The fraction of sp³-hybridized carbons (Fsp3) is 0.323. The summed E-state index contributed by atoms with van der Waals surface area (Å²) in [7, 11) is 0. The molecule has 0 N–H and O–H groups in total. The van der Waals surface area contributed by atoms with Crippen molar-refractivity contribution in [3.63, 3.8) is 0 Å². The lowest BCUT2D eigenvalue weighted by molar-refractivity contribution is 0.616. The summed E-state index contributed by atoms with van der Waals surface area (Å²) in [5.41, 5.74) is 9.67. The van der Waals surface area contributed by atoms with Gasteiger partial charge in [0, 0.05) is 5.39 Å². The molecule has 0 atom stereocenters. The smallest absolute Gasteiger partial charge is 0.145 e. The molecule has 2 heterocycles. The lowest BCUT2D eigenvalue weighted by Gasteiger charge is -2.21. The van der Waals surface area contributed by atoms with Crippen molar-refractivity contribution >= 4 is 22.0 Å². The van der Waals surface area contributed by atoms with E-state index < -0.39 is 0 Å². The van der Waals surface area contributed by atoms with Gasteiger partial charge in [-0.2, -0.15) is 0 Å². The van der Waals surface area contributed by atoms with Crippen molar-refractivity contribution in [1.82, 2.24) is 9.55 Å². The summed E-state index contributed by atoms with van der Waals surface area (Å²) < 4.78 is 8.39. The summed E-state index contributed by atoms with van der Waals surface area (Å²) in [6.07, 6.45) is 1.88. The monoisotopic (exact) mass is 450 g/mol. The van der Waals surface area contributed by atoms with E-state index >= 15 is 0 Å². The van der Waals surface area contributed by atoms with Crippen LogP contribution in [0.3, 0.4) is 0 Å². The highest BCUT2D eigenvalue weighted by atomic mass is 16.3. The zero-order valence-corrected chi connectivity index (χ0v) is 21.1. The molecule has 34 heavy (non-hydrogen) atoms. The van der Waals surface area contributed by atoms with Crippen LogP contribution < -0.4 is 0 Å². The minimum absolute atomic E-state index is 0.454. The van der Waals surface area contributed by atoms with E-state index in [2.05, 4.69) is 107 Å². The first-order valence-corrected chi connectivity index (χ1v) is 12.4. The van der Waals surface area contributed by atoms with Crippen molar-refractivity contribution in [3.05, 3.63) is 89.2 Å². The molecule has 0 fully saturated rings. The van der Waals surface area contributed by atoms with Gasteiger partial charge in [-0.3, -0.25) is 0 Å². The van der Waals surface area contributed by atoms with Gasteiger partial charge in [0.15, 0.2) is 0 Å². The first-order valence-electron chi connectivity index (χ1n) is 12.4. The molecule has 5 rings (SSSR count). The molecule has 174 valence electrons. The molecule has 0 aliphatic heterocycles. The van der Waals surface area contributed by atoms with E-state index in [1.54, 1.807) is 0 Å². The third kappa shape index (κ3) is 3.83. The van der Waals surface area contributed by atoms with Crippen LogP contribution in [0.2, 0.25) is 0 Å². The Kier molecular flexibility index (Phi) is 5.81. The number of hydrogen-bond donors (Lipinski definition) is 0. The predicted molar refractivity (Wildman–Crippen MR) is 143 cm³/mol. The highest BCUT2D eigenvalue weighted by molar-refractivity contribution is 5.95. The second-order valence-electron chi connectivity index (χ2n) is 10.3. The van der Waals surface area contributed by atoms with Crippen molar-refractivity contribution < 1.29 is 4.42 Å². The highest BCUT2D eigenvalue weighted by Crippen LogP contribution is 2.36. The average molecular weight is 451 g/mol. The third-order valence-corrected chi connectivity index (χ3v) is 6.97. The number of nitrogens with zero attached hydrogens (tertiary/aromatic N) is 2. The van der Waals surface area contributed by atoms with Gasteiger partial charge in [-0.25, -0.2) is 4.98 Å². The van der Waals surface area contributed by atoms with Crippen LogP contribution in [-0.4, -0.2) is 9.55 Å². The van der Waals surface area contributed by atoms with Crippen LogP contribution in [0.15, 0.2) is 71.3 Å². The van der Waals surface area contributed by atoms with E-state index in [4.69, 9.17) is 9.40 Å². The topological polar surface area (TPSA) is 31.0 Å². The number of imidazole rings is 1. The minimum atomic E-state index is 0.454. The molecule has 5 aromatic rings. The second-order valence-corrected chi connectivity index (χ2v) is 10.3. The van der Waals surface area contributed by atoms with Crippen LogP contribution in [0, 0.1) is 0 Å². The number of rotatable bonds is 6. The van der Waals surface area contributed by atoms with E-state index in [1.807, 2.05) is 6.26 Å². The van der Waals surface area contributed by atoms with Crippen molar-refractivity contribution in [3.8, 4) is 11.4 Å². The molecule has 0 radical (unpaired) electrons. The predicted octanol–water partition coefficient (Wildman–Crippen LogP) is 8.87. The molecule has 0 saturated heterocycles. The quantitative estimate of drug-likeness (QED) is 0.259. The van der Waals surface area contributed by atoms with Gasteiger partial charge in [-0.05, 0) is 64.3 Å². The van der Waals surface area contributed by atoms with Gasteiger partial charge in [0.25, 0.3) is 0 Å². The lowest BCUT2D eigenvalue weighted by Crippen LogP contribution is -2.10. The van der Waals surface area contributed by atoms with Gasteiger partial charge in [0.2, 0.25) is 0 Å². The maximum Gasteiger partial charge on any atom is 0.145 e. The molecule has 3 aromatic carbocycles. The van der Waals surface area contributed by atoms with Crippen LogP contribution in [0.4, 0.5) is 0 Å². The Morgan fingerprint density at radius 1 is 0.794 bits per heavy atom. The van der Waals surface area contributed by atoms with Crippen LogP contribution in [0.5, 0.6) is 0 Å². The third-order valence-electron chi connectivity index (χ3n) is 6.97. The van der Waals surface area contributed by atoms with Crippen molar-refractivity contribution in [2.24, 2.45) is 0 Å². The zero-order chi connectivity index (χ0) is 24.0. The molecule has 0 bridgehead atoms. The fourth-order valence-electron chi connectivity index (χ4n) is 5.07. The lowest BCUT2D eigenvalue weighted by atomic mass is 9.88. The number of benzene rings is 3. The van der Waals surface area contributed by atoms with Gasteiger partial charge >= 0.3 is 0 Å². The standard InChI is InChI=1S/C31H34N2O/c1-19(2)22-14-15-30-25(16-22)27(18-34-30)31-32-28-12-7-8-13-29(28)33(31)17-26-23(20(3)4)10-9-11-24(26)21(5)6/h7-16,18-21H,17H2,1-6H3. The van der Waals surface area contributed by atoms with E-state index in [0.717, 1.165) is 39.9 Å². The van der Waals surface area contributed by atoms with Crippen molar-refractivity contribution in [2.45, 2.75) is 65.8 Å². The molecule has 2 aromatic heterocycles. The summed E-state index contributed by atoms with van der Waals surface area (Å²) in [6, 6.07) is 21.8. The summed E-state index contributed by atoms with van der Waals surface area (Å²) in [6.45, 7) is 14.4. The Morgan fingerprint density at radius 3 is 2.18 bits per heavy atom. The van der Waals surface area contributed by atoms with Gasteiger partial charge in [-0.1, -0.05) is 77.9 Å². The summed E-state index contributed by atoms with van der Waals surface area (Å²) in [5.74, 6) is 2.33. The largest absolute Gasteiger partial charge is 0.464 e. The SMILES string of the molecule is CC(C)c1ccc2occ(-c3nc4ccccc4n3Cc3c(C(C)C)cccc3C(C)C)c2c1. The number of aromatic nitrogens is 2. The molecule has 3 heteroatoms. The normalized spacial score (nSPS) is 12.1. The Morgan fingerprint density at radius 2 is 1.50 bits per heavy atom. The number of fused-ring (bicyclic) bond motifs is 2. The summed E-state index contributed by atoms with van der Waals surface area (Å²) in [5, 5.41) is 1.13. The fourth-order valence-corrected chi connectivity index (χ4v) is 5.07. The van der Waals surface area contributed by atoms with Gasteiger partial charge in [0.1, 0.15) is 17.7 Å². The van der Waals surface area contributed by atoms with Crippen LogP contribution in [-0.2, 0) is 6.54 Å². The average Bonchev–Trinajstić information content (AvgIpc) is 3.39. The van der Waals surface area contributed by atoms with Crippen molar-refractivity contribution in [2.75, 3.05) is 0 Å². The molecule has 0 amide bonds. The molecule has 0 aliphatic carbocycles. The molecular formula is C31H34N2O. The number of furan rings is 1. The minimum Gasteiger partial charge on any atom is -0.464 e. The number of hydrogen-bond acceptors (Lipinski definition) is 2. The Labute approximate surface area is 202 Å². The van der Waals surface area contributed by atoms with Crippen LogP contribution in [0.25, 0.3) is 33.4 Å². The first-order chi connectivity index (χ1) is 16.3. The van der Waals surface area contributed by atoms with Crippen LogP contribution in [0.1, 0.15) is 81.5 Å². The molecule has 3 nitrogen and oxygen atoms in total. The molecular weight excluding hydrogens is 416 g/mol. The van der Waals surface area contributed by atoms with Crippen LogP contribution >= 0.6 is 0 Å². The maximum absolute atomic E-state index is 6.01. The van der Waals surface area contributed by atoms with Gasteiger partial charge in [-0.15, -0.1) is 0 Å². The Hall–Kier alpha value is -3.33. The van der Waals surface area contributed by atoms with E-state index in [1.165, 1.54) is 22.3 Å². The molecule has 0 unspecified atom stereocenters. The maximum atomic E-state index is 6.01. The highest BCUT2D eigenvalue weighted by Gasteiger charge is 2.21. The zero-order valence-electron chi connectivity index (χ0n) is 21.1. The summed E-state index contributed by atoms with van der Waals surface area (Å²) >= 11 is 0. The van der Waals surface area contributed by atoms with Crippen molar-refractivity contribution in [1.29, 1.82) is 0 Å². The summed E-state index contributed by atoms with van der Waals surface area (Å²) in [4.78, 5) is 5.13. The van der Waals surface area contributed by atoms with E-state index in [9.17, 15) is 0 Å². The molecule has 0 aliphatic rings. The molecule has 0 saturated carbocycles. The first kappa shape index (κ1) is 22.5. The van der Waals surface area contributed by atoms with E-state index in [0.29, 0.717) is 17.8 Å². The Bertz CT molecular complexity index is 1440. The van der Waals surface area contributed by atoms with E-state index in [-0.39, 0.29) is 0 Å². The molecule has 0 spiro atoms.